The Kier molecular flexibility index (Phi) is 1.25. The zero-order valence-electron chi connectivity index (χ0n) is 5.78. The first kappa shape index (κ1) is 7.44. The molecule has 0 aromatic rings. The molecule has 1 aliphatic rings. The average molecular weight is 150 g/mol. The van der Waals surface area contributed by atoms with Gasteiger partial charge in [-0.3, -0.25) is 0 Å². The Labute approximate surface area is 57.2 Å². The minimum atomic E-state index is -3.31. The van der Waals surface area contributed by atoms with Crippen LogP contribution in [0.3, 0.4) is 0 Å². The molecule has 0 saturated carbocycles. The molecule has 1 fully saturated rings. The van der Waals surface area contributed by atoms with E-state index in [0.29, 0.717) is 0 Å². The van der Waals surface area contributed by atoms with Crippen LogP contribution < -0.4 is 0 Å². The molecule has 2 nitrogen and oxygen atoms in total. The quantitative estimate of drug-likeness (QED) is 0.485. The molecule has 10 heavy (non-hydrogen) atoms. The first-order valence-electron chi connectivity index (χ1n) is 2.93. The van der Waals surface area contributed by atoms with Gasteiger partial charge >= 0.3 is 11.9 Å². The number of rotatable bonds is 0. The molecule has 0 N–H and O–H groups in total. The van der Waals surface area contributed by atoms with Gasteiger partial charge in [0.25, 0.3) is 0 Å². The Hall–Kier alpha value is -0.670. The predicted molar refractivity (Wildman–Crippen MR) is 29.7 cm³/mol. The van der Waals surface area contributed by atoms with Crippen molar-refractivity contribution in [1.29, 1.82) is 0 Å². The second-order valence-electron chi connectivity index (χ2n) is 3.03. The van der Waals surface area contributed by atoms with Gasteiger partial charge in [-0.2, -0.15) is 8.78 Å². The van der Waals surface area contributed by atoms with Crippen LogP contribution in [0.15, 0.2) is 0 Å². The normalized spacial score (nSPS) is 28.2. The van der Waals surface area contributed by atoms with Crippen molar-refractivity contribution in [3.8, 4) is 0 Å². The summed E-state index contributed by atoms with van der Waals surface area (Å²) in [6.45, 7) is 2.41. The van der Waals surface area contributed by atoms with E-state index in [4.69, 9.17) is 0 Å². The molecule has 1 aliphatic heterocycles. The molecule has 0 aliphatic carbocycles. The fraction of sp³-hybridized carbons (Fsp3) is 0.833. The number of hydrogen-bond acceptors (Lipinski definition) is 2. The van der Waals surface area contributed by atoms with Gasteiger partial charge in [-0.1, -0.05) is 13.8 Å². The molecule has 1 rings (SSSR count). The molecule has 0 bridgehead atoms. The highest BCUT2D eigenvalue weighted by atomic mass is 19.3. The van der Waals surface area contributed by atoms with E-state index in [9.17, 15) is 13.6 Å². The zero-order valence-corrected chi connectivity index (χ0v) is 5.78. The molecule has 0 unspecified atom stereocenters. The van der Waals surface area contributed by atoms with Gasteiger partial charge in [-0.15, -0.1) is 0 Å². The predicted octanol–water partition coefficient (Wildman–Crippen LogP) is 1.20. The lowest BCUT2D eigenvalue weighted by Crippen LogP contribution is -2.37. The first-order valence-corrected chi connectivity index (χ1v) is 2.93. The Morgan fingerprint density at radius 1 is 1.50 bits per heavy atom. The summed E-state index contributed by atoms with van der Waals surface area (Å²) in [5.74, 6) is -4.72. The van der Waals surface area contributed by atoms with Crippen molar-refractivity contribution in [3.05, 3.63) is 0 Å². The summed E-state index contributed by atoms with van der Waals surface area (Å²) < 4.78 is 29.5. The van der Waals surface area contributed by atoms with Crippen LogP contribution in [0, 0.1) is 5.41 Å². The Morgan fingerprint density at radius 2 is 2.00 bits per heavy atom. The summed E-state index contributed by atoms with van der Waals surface area (Å²) in [4.78, 5) is 10.3. The minimum absolute atomic E-state index is 0.196. The van der Waals surface area contributed by atoms with Crippen LogP contribution in [0.25, 0.3) is 0 Å². The lowest BCUT2D eigenvalue weighted by atomic mass is 9.89. The highest BCUT2D eigenvalue weighted by Gasteiger charge is 2.60. The second-order valence-corrected chi connectivity index (χ2v) is 3.03. The van der Waals surface area contributed by atoms with E-state index in [1.54, 1.807) is 0 Å². The van der Waals surface area contributed by atoms with Gasteiger partial charge in [0.15, 0.2) is 0 Å². The topological polar surface area (TPSA) is 26.3 Å². The largest absolute Gasteiger partial charge is 0.460 e. The van der Waals surface area contributed by atoms with E-state index >= 15 is 0 Å². The van der Waals surface area contributed by atoms with Gasteiger partial charge < -0.3 is 4.74 Å². The van der Waals surface area contributed by atoms with Crippen molar-refractivity contribution < 1.29 is 18.3 Å². The van der Waals surface area contributed by atoms with Crippen LogP contribution >= 0.6 is 0 Å². The van der Waals surface area contributed by atoms with Gasteiger partial charge in [0, 0.05) is 0 Å². The lowest BCUT2D eigenvalue weighted by molar-refractivity contribution is -0.162. The summed E-state index contributed by atoms with van der Waals surface area (Å²) >= 11 is 0. The van der Waals surface area contributed by atoms with Crippen molar-refractivity contribution in [2.75, 3.05) is 6.61 Å². The molecule has 1 heterocycles. The number of carbonyl (C=O) groups is 1. The van der Waals surface area contributed by atoms with Crippen LogP contribution in [-0.2, 0) is 9.53 Å². The van der Waals surface area contributed by atoms with Crippen molar-refractivity contribution in [2.24, 2.45) is 5.41 Å². The highest BCUT2D eigenvalue weighted by molar-refractivity contribution is 5.80. The number of hydrogen-bond donors (Lipinski definition) is 0. The zero-order chi connectivity index (χ0) is 7.99. The number of esters is 1. The number of cyclic esters (lactones) is 1. The first-order chi connectivity index (χ1) is 4.38. The van der Waals surface area contributed by atoms with Crippen LogP contribution in [0.1, 0.15) is 13.8 Å². The molecule has 0 aromatic heterocycles. The summed E-state index contributed by atoms with van der Waals surface area (Å²) in [6.07, 6.45) is 0. The summed E-state index contributed by atoms with van der Waals surface area (Å²) in [6, 6.07) is 0. The summed E-state index contributed by atoms with van der Waals surface area (Å²) in [5.41, 5.74) is -1.34. The monoisotopic (exact) mass is 150 g/mol. The third-order valence-corrected chi connectivity index (χ3v) is 1.67. The van der Waals surface area contributed by atoms with E-state index in [2.05, 4.69) is 4.74 Å². The molecule has 58 valence electrons. The van der Waals surface area contributed by atoms with Crippen LogP contribution in [0.5, 0.6) is 0 Å². The molecule has 0 spiro atoms. The average Bonchev–Trinajstić information content (AvgIpc) is 1.94. The Balaban J connectivity index is 2.95. The van der Waals surface area contributed by atoms with Gasteiger partial charge in [-0.05, 0) is 0 Å². The minimum Gasteiger partial charge on any atom is -0.460 e. The maximum atomic E-state index is 12.6. The highest BCUT2D eigenvalue weighted by Crippen LogP contribution is 2.42. The van der Waals surface area contributed by atoms with Crippen molar-refractivity contribution in [2.45, 2.75) is 19.8 Å². The third kappa shape index (κ3) is 0.711. The van der Waals surface area contributed by atoms with E-state index in [-0.39, 0.29) is 6.61 Å². The van der Waals surface area contributed by atoms with Crippen molar-refractivity contribution in [1.82, 2.24) is 0 Å². The second kappa shape index (κ2) is 1.68. The Morgan fingerprint density at radius 3 is 2.10 bits per heavy atom. The molecular formula is C6H8F2O2. The van der Waals surface area contributed by atoms with Gasteiger partial charge in [0.2, 0.25) is 0 Å². The SMILES string of the molecule is CC1(C)COC(=O)C1(F)F. The van der Waals surface area contributed by atoms with E-state index < -0.39 is 17.3 Å². The van der Waals surface area contributed by atoms with E-state index in [1.165, 1.54) is 13.8 Å². The fourth-order valence-corrected chi connectivity index (χ4v) is 0.704. The lowest BCUT2D eigenvalue weighted by Gasteiger charge is -2.19. The molecule has 0 atom stereocenters. The molecular weight excluding hydrogens is 142 g/mol. The molecule has 0 radical (unpaired) electrons. The standard InChI is InChI=1S/C6H8F2O2/c1-5(2)3-10-4(9)6(5,7)8/h3H2,1-2H3. The molecule has 1 saturated heterocycles. The van der Waals surface area contributed by atoms with Gasteiger partial charge in [0.1, 0.15) is 6.61 Å². The molecule has 0 aromatic carbocycles. The van der Waals surface area contributed by atoms with Crippen LogP contribution in [-0.4, -0.2) is 18.5 Å². The van der Waals surface area contributed by atoms with E-state index in [0.717, 1.165) is 0 Å². The Bertz CT molecular complexity index is 175. The van der Waals surface area contributed by atoms with Crippen molar-refractivity contribution >= 4 is 5.97 Å². The maximum Gasteiger partial charge on any atom is 0.377 e. The molecule has 0 amide bonds. The van der Waals surface area contributed by atoms with Gasteiger partial charge in [0.05, 0.1) is 5.41 Å². The fourth-order valence-electron chi connectivity index (χ4n) is 0.704. The number of carbonyl (C=O) groups excluding carboxylic acids is 1. The number of ether oxygens (including phenoxy) is 1. The number of halogens is 2. The maximum absolute atomic E-state index is 12.6. The van der Waals surface area contributed by atoms with E-state index in [1.807, 2.05) is 0 Å². The van der Waals surface area contributed by atoms with Crippen LogP contribution in [0.4, 0.5) is 8.78 Å². The summed E-state index contributed by atoms with van der Waals surface area (Å²) in [5, 5.41) is 0. The smallest absolute Gasteiger partial charge is 0.377 e. The van der Waals surface area contributed by atoms with Crippen molar-refractivity contribution in [3.63, 3.8) is 0 Å². The molecule has 4 heteroatoms. The number of alkyl halides is 2. The van der Waals surface area contributed by atoms with Crippen LogP contribution in [0.2, 0.25) is 0 Å². The summed E-state index contributed by atoms with van der Waals surface area (Å²) in [7, 11) is 0. The third-order valence-electron chi connectivity index (χ3n) is 1.67. The van der Waals surface area contributed by atoms with Gasteiger partial charge in [-0.25, -0.2) is 4.79 Å².